The van der Waals surface area contributed by atoms with Gasteiger partial charge in [0.15, 0.2) is 0 Å². The lowest BCUT2D eigenvalue weighted by atomic mass is 9.88. The molecule has 0 heterocycles. The first-order chi connectivity index (χ1) is 8.62. The Balaban J connectivity index is 2.92. The fraction of sp³-hybridized carbons (Fsp3) is 0.462. The Labute approximate surface area is 117 Å². The largest absolute Gasteiger partial charge is 0.349 e. The minimum Gasteiger partial charge on any atom is -0.349 e. The van der Waals surface area contributed by atoms with Crippen LogP contribution >= 0.6 is 11.6 Å². The van der Waals surface area contributed by atoms with Crippen LogP contribution in [-0.2, 0) is 0 Å². The maximum absolute atomic E-state index is 12.0. The number of nitrogens with zero attached hydrogens (tertiary/aromatic N) is 1. The van der Waals surface area contributed by atoms with Gasteiger partial charge >= 0.3 is 0 Å². The number of halogens is 1. The molecular formula is C13H17ClN2O3. The number of benzene rings is 1. The summed E-state index contributed by atoms with van der Waals surface area (Å²) in [5, 5.41) is 13.5. The molecule has 1 rings (SSSR count). The Hall–Kier alpha value is -1.62. The van der Waals surface area contributed by atoms with Crippen molar-refractivity contribution in [2.45, 2.75) is 33.7 Å². The van der Waals surface area contributed by atoms with Gasteiger partial charge in [0, 0.05) is 18.2 Å². The van der Waals surface area contributed by atoms with Crippen LogP contribution in [0.3, 0.4) is 0 Å². The molecule has 1 aromatic rings. The number of carbonyl (C=O) groups is 1. The summed E-state index contributed by atoms with van der Waals surface area (Å²) in [5.74, 6) is -0.331. The highest BCUT2D eigenvalue weighted by Crippen LogP contribution is 2.24. The van der Waals surface area contributed by atoms with Crippen LogP contribution in [0.5, 0.6) is 0 Å². The Morgan fingerprint density at radius 2 is 2.00 bits per heavy atom. The SMILES string of the molecule is CC(NC(=O)c1ccc([N+](=O)[O-])cc1Cl)C(C)(C)C. The summed E-state index contributed by atoms with van der Waals surface area (Å²) in [5.41, 5.74) is 0.0249. The molecule has 1 amide bonds. The molecule has 0 radical (unpaired) electrons. The van der Waals surface area contributed by atoms with Crippen molar-refractivity contribution in [3.05, 3.63) is 38.9 Å². The molecule has 6 heteroatoms. The van der Waals surface area contributed by atoms with E-state index in [-0.39, 0.29) is 33.6 Å². The summed E-state index contributed by atoms with van der Waals surface area (Å²) >= 11 is 5.90. The molecule has 0 saturated carbocycles. The van der Waals surface area contributed by atoms with Crippen molar-refractivity contribution >= 4 is 23.2 Å². The summed E-state index contributed by atoms with van der Waals surface area (Å²) in [7, 11) is 0. The second-order valence-electron chi connectivity index (χ2n) is 5.48. The molecule has 0 bridgehead atoms. The van der Waals surface area contributed by atoms with E-state index in [1.165, 1.54) is 18.2 Å². The molecule has 19 heavy (non-hydrogen) atoms. The lowest BCUT2D eigenvalue weighted by molar-refractivity contribution is -0.384. The number of nitro benzene ring substituents is 1. The molecule has 1 N–H and O–H groups in total. The second-order valence-corrected chi connectivity index (χ2v) is 5.89. The molecule has 0 fully saturated rings. The zero-order chi connectivity index (χ0) is 14.8. The number of amides is 1. The molecule has 0 aliphatic rings. The maximum Gasteiger partial charge on any atom is 0.270 e. The fourth-order valence-corrected chi connectivity index (χ4v) is 1.55. The van der Waals surface area contributed by atoms with Gasteiger partial charge in [0.2, 0.25) is 0 Å². The van der Waals surface area contributed by atoms with Gasteiger partial charge in [-0.2, -0.15) is 0 Å². The average molecular weight is 285 g/mol. The maximum atomic E-state index is 12.0. The van der Waals surface area contributed by atoms with Gasteiger partial charge in [-0.25, -0.2) is 0 Å². The zero-order valence-corrected chi connectivity index (χ0v) is 12.1. The van der Waals surface area contributed by atoms with E-state index in [9.17, 15) is 14.9 Å². The van der Waals surface area contributed by atoms with Crippen LogP contribution in [0, 0.1) is 15.5 Å². The normalized spacial score (nSPS) is 12.9. The first-order valence-corrected chi connectivity index (χ1v) is 6.25. The van der Waals surface area contributed by atoms with Crippen LogP contribution in [0.2, 0.25) is 5.02 Å². The standard InChI is InChI=1S/C13H17ClN2O3/c1-8(13(2,3)4)15-12(17)10-6-5-9(16(18)19)7-11(10)14/h5-8H,1-4H3,(H,15,17). The Kier molecular flexibility index (Phi) is 4.52. The molecular weight excluding hydrogens is 268 g/mol. The van der Waals surface area contributed by atoms with Crippen LogP contribution in [0.25, 0.3) is 0 Å². The van der Waals surface area contributed by atoms with Crippen molar-refractivity contribution in [2.24, 2.45) is 5.41 Å². The minimum atomic E-state index is -0.550. The smallest absolute Gasteiger partial charge is 0.270 e. The van der Waals surface area contributed by atoms with Gasteiger partial charge in [0.25, 0.3) is 11.6 Å². The summed E-state index contributed by atoms with van der Waals surface area (Å²) in [4.78, 5) is 22.1. The van der Waals surface area contributed by atoms with Gasteiger partial charge < -0.3 is 5.32 Å². The molecule has 104 valence electrons. The fourth-order valence-electron chi connectivity index (χ4n) is 1.29. The van der Waals surface area contributed by atoms with Gasteiger partial charge in [-0.05, 0) is 18.4 Å². The minimum absolute atomic E-state index is 0.0498. The number of hydrogen-bond acceptors (Lipinski definition) is 3. The predicted octanol–water partition coefficient (Wildman–Crippen LogP) is 3.41. The monoisotopic (exact) mass is 284 g/mol. The topological polar surface area (TPSA) is 72.2 Å². The molecule has 1 unspecified atom stereocenters. The number of hydrogen-bond donors (Lipinski definition) is 1. The Bertz CT molecular complexity index is 509. The summed E-state index contributed by atoms with van der Waals surface area (Å²) < 4.78 is 0. The molecule has 0 spiro atoms. The number of nitrogens with one attached hydrogen (secondary N) is 1. The molecule has 0 aromatic heterocycles. The average Bonchev–Trinajstić information content (AvgIpc) is 2.26. The highest BCUT2D eigenvalue weighted by molar-refractivity contribution is 6.34. The van der Waals surface area contributed by atoms with Crippen molar-refractivity contribution < 1.29 is 9.72 Å². The van der Waals surface area contributed by atoms with Gasteiger partial charge in [-0.15, -0.1) is 0 Å². The lowest BCUT2D eigenvalue weighted by Gasteiger charge is -2.28. The van der Waals surface area contributed by atoms with Crippen molar-refractivity contribution in [1.82, 2.24) is 5.32 Å². The van der Waals surface area contributed by atoms with Crippen molar-refractivity contribution in [3.8, 4) is 0 Å². The van der Waals surface area contributed by atoms with Gasteiger partial charge in [0.05, 0.1) is 15.5 Å². The Morgan fingerprint density at radius 3 is 2.42 bits per heavy atom. The van der Waals surface area contributed by atoms with Crippen molar-refractivity contribution in [3.63, 3.8) is 0 Å². The summed E-state index contributed by atoms with van der Waals surface area (Å²) in [6, 6.07) is 3.76. The third-order valence-electron chi connectivity index (χ3n) is 3.05. The molecule has 5 nitrogen and oxygen atoms in total. The van der Waals surface area contributed by atoms with E-state index in [4.69, 9.17) is 11.6 Å². The third kappa shape index (κ3) is 3.92. The molecule has 1 atom stereocenters. The van der Waals surface area contributed by atoms with Gasteiger partial charge in [-0.3, -0.25) is 14.9 Å². The second kappa shape index (κ2) is 5.57. The zero-order valence-electron chi connectivity index (χ0n) is 11.4. The number of rotatable bonds is 3. The van der Waals surface area contributed by atoms with E-state index in [1.807, 2.05) is 27.7 Å². The van der Waals surface area contributed by atoms with Crippen LogP contribution in [0.4, 0.5) is 5.69 Å². The van der Waals surface area contributed by atoms with Crippen molar-refractivity contribution in [2.75, 3.05) is 0 Å². The van der Waals surface area contributed by atoms with Gasteiger partial charge in [0.1, 0.15) is 0 Å². The van der Waals surface area contributed by atoms with Crippen LogP contribution < -0.4 is 5.32 Å². The van der Waals surface area contributed by atoms with E-state index < -0.39 is 4.92 Å². The molecule has 1 aromatic carbocycles. The van der Waals surface area contributed by atoms with Crippen molar-refractivity contribution in [1.29, 1.82) is 0 Å². The number of carbonyl (C=O) groups excluding carboxylic acids is 1. The number of nitro groups is 1. The number of non-ortho nitro benzene ring substituents is 1. The predicted molar refractivity (Wildman–Crippen MR) is 74.5 cm³/mol. The quantitative estimate of drug-likeness (QED) is 0.683. The van der Waals surface area contributed by atoms with E-state index in [2.05, 4.69) is 5.32 Å². The molecule has 0 saturated heterocycles. The first-order valence-electron chi connectivity index (χ1n) is 5.87. The van der Waals surface area contributed by atoms with Gasteiger partial charge in [-0.1, -0.05) is 32.4 Å². The van der Waals surface area contributed by atoms with E-state index in [0.29, 0.717) is 0 Å². The Morgan fingerprint density at radius 1 is 1.42 bits per heavy atom. The third-order valence-corrected chi connectivity index (χ3v) is 3.37. The summed E-state index contributed by atoms with van der Waals surface area (Å²) in [6.07, 6.45) is 0. The van der Waals surface area contributed by atoms with E-state index >= 15 is 0 Å². The first kappa shape index (κ1) is 15.4. The lowest BCUT2D eigenvalue weighted by Crippen LogP contribution is -2.41. The van der Waals surface area contributed by atoms with Crippen LogP contribution in [-0.4, -0.2) is 16.9 Å². The van der Waals surface area contributed by atoms with E-state index in [0.717, 1.165) is 0 Å². The molecule has 0 aliphatic carbocycles. The highest BCUT2D eigenvalue weighted by Gasteiger charge is 2.23. The highest BCUT2D eigenvalue weighted by atomic mass is 35.5. The molecule has 0 aliphatic heterocycles. The van der Waals surface area contributed by atoms with Crippen LogP contribution in [0.1, 0.15) is 38.1 Å². The summed E-state index contributed by atoms with van der Waals surface area (Å²) in [6.45, 7) is 7.93. The van der Waals surface area contributed by atoms with Crippen LogP contribution in [0.15, 0.2) is 18.2 Å². The van der Waals surface area contributed by atoms with E-state index in [1.54, 1.807) is 0 Å².